The van der Waals surface area contributed by atoms with Crippen LogP contribution in [0, 0.1) is 0 Å². The van der Waals surface area contributed by atoms with Gasteiger partial charge in [0.15, 0.2) is 0 Å². The van der Waals surface area contributed by atoms with Crippen molar-refractivity contribution in [1.29, 1.82) is 0 Å². The molecule has 0 spiro atoms. The molecule has 0 saturated carbocycles. The van der Waals surface area contributed by atoms with Crippen molar-refractivity contribution in [2.24, 2.45) is 4.99 Å². The van der Waals surface area contributed by atoms with Crippen LogP contribution in [0.2, 0.25) is 5.02 Å². The summed E-state index contributed by atoms with van der Waals surface area (Å²) in [5, 5.41) is 0.703. The summed E-state index contributed by atoms with van der Waals surface area (Å²) in [5.74, 6) is 0. The van der Waals surface area contributed by atoms with Gasteiger partial charge in [0.1, 0.15) is 0 Å². The molecule has 1 aliphatic rings. The Balaban J connectivity index is 2.28. The van der Waals surface area contributed by atoms with Crippen molar-refractivity contribution < 1.29 is 4.74 Å². The summed E-state index contributed by atoms with van der Waals surface area (Å²) in [7, 11) is 1.75. The minimum absolute atomic E-state index is 0.0552. The summed E-state index contributed by atoms with van der Waals surface area (Å²) in [4.78, 5) is 4.75. The molecule has 0 amide bonds. The first-order chi connectivity index (χ1) is 11.1. The standard InChI is InChI=1S/C20H24ClNO/c1-5-7-16-12-19(14(3)10-20(16)23-4)22-13-17-11-18(21)9-8-15(17)6-2/h6,8-13,19-20H,2,5,7H2,1,3-4H3. The maximum atomic E-state index is 6.09. The molecule has 0 N–H and O–H groups in total. The van der Waals surface area contributed by atoms with Gasteiger partial charge in [-0.15, -0.1) is 0 Å². The molecule has 3 heteroatoms. The maximum absolute atomic E-state index is 6.09. The largest absolute Gasteiger partial charge is 0.373 e. The summed E-state index contributed by atoms with van der Waals surface area (Å²) in [6.07, 6.45) is 10.3. The van der Waals surface area contributed by atoms with E-state index in [1.165, 1.54) is 11.1 Å². The van der Waals surface area contributed by atoms with Crippen LogP contribution >= 0.6 is 11.6 Å². The van der Waals surface area contributed by atoms with Crippen LogP contribution in [0.5, 0.6) is 0 Å². The van der Waals surface area contributed by atoms with E-state index in [9.17, 15) is 0 Å². The van der Waals surface area contributed by atoms with Crippen LogP contribution < -0.4 is 0 Å². The van der Waals surface area contributed by atoms with E-state index in [4.69, 9.17) is 21.3 Å². The first-order valence-corrected chi connectivity index (χ1v) is 8.33. The lowest BCUT2D eigenvalue weighted by atomic mass is 9.91. The fourth-order valence-electron chi connectivity index (χ4n) is 2.77. The molecule has 0 saturated heterocycles. The van der Waals surface area contributed by atoms with E-state index in [-0.39, 0.29) is 12.1 Å². The molecule has 1 aromatic carbocycles. The Morgan fingerprint density at radius 3 is 2.74 bits per heavy atom. The van der Waals surface area contributed by atoms with E-state index < -0.39 is 0 Å². The third-order valence-electron chi connectivity index (χ3n) is 4.05. The topological polar surface area (TPSA) is 21.6 Å². The first kappa shape index (κ1) is 17.7. The number of hydrogen-bond donors (Lipinski definition) is 0. The van der Waals surface area contributed by atoms with Crippen molar-refractivity contribution in [3.8, 4) is 0 Å². The Morgan fingerprint density at radius 2 is 2.09 bits per heavy atom. The van der Waals surface area contributed by atoms with Gasteiger partial charge in [0.25, 0.3) is 0 Å². The van der Waals surface area contributed by atoms with Crippen molar-refractivity contribution >= 4 is 23.9 Å². The molecule has 1 aliphatic carbocycles. The molecular weight excluding hydrogens is 306 g/mol. The highest BCUT2D eigenvalue weighted by Gasteiger charge is 2.20. The highest BCUT2D eigenvalue weighted by atomic mass is 35.5. The summed E-state index contributed by atoms with van der Waals surface area (Å²) >= 11 is 6.09. The molecule has 2 rings (SSSR count). The van der Waals surface area contributed by atoms with Crippen LogP contribution in [-0.2, 0) is 4.74 Å². The summed E-state index contributed by atoms with van der Waals surface area (Å²) in [6.45, 7) is 8.12. The highest BCUT2D eigenvalue weighted by molar-refractivity contribution is 6.30. The lowest BCUT2D eigenvalue weighted by Crippen LogP contribution is -2.21. The summed E-state index contributed by atoms with van der Waals surface area (Å²) < 4.78 is 5.56. The molecule has 2 unspecified atom stereocenters. The third-order valence-corrected chi connectivity index (χ3v) is 4.29. The van der Waals surface area contributed by atoms with Gasteiger partial charge in [-0.1, -0.05) is 55.8 Å². The van der Waals surface area contributed by atoms with Gasteiger partial charge in [0.2, 0.25) is 0 Å². The molecule has 0 fully saturated rings. The number of halogens is 1. The van der Waals surface area contributed by atoms with Gasteiger partial charge in [-0.25, -0.2) is 0 Å². The zero-order valence-corrected chi connectivity index (χ0v) is 14.8. The second kappa shape index (κ2) is 8.28. The highest BCUT2D eigenvalue weighted by Crippen LogP contribution is 2.26. The summed E-state index contributed by atoms with van der Waals surface area (Å²) in [5.41, 5.74) is 4.52. The number of nitrogens with zero attached hydrogens (tertiary/aromatic N) is 1. The van der Waals surface area contributed by atoms with Crippen LogP contribution in [0.15, 0.2) is 53.1 Å². The van der Waals surface area contributed by atoms with E-state index >= 15 is 0 Å². The fourth-order valence-corrected chi connectivity index (χ4v) is 2.95. The van der Waals surface area contributed by atoms with Crippen LogP contribution in [0.1, 0.15) is 37.8 Å². The Hall–Kier alpha value is -1.64. The van der Waals surface area contributed by atoms with Gasteiger partial charge >= 0.3 is 0 Å². The van der Waals surface area contributed by atoms with Gasteiger partial charge in [0.05, 0.1) is 12.1 Å². The predicted molar refractivity (Wildman–Crippen MR) is 100 cm³/mol. The van der Waals surface area contributed by atoms with Crippen molar-refractivity contribution in [2.45, 2.75) is 38.8 Å². The molecule has 2 nitrogen and oxygen atoms in total. The minimum Gasteiger partial charge on any atom is -0.373 e. The summed E-state index contributed by atoms with van der Waals surface area (Å²) in [6, 6.07) is 5.79. The number of ether oxygens (including phenoxy) is 1. The number of rotatable bonds is 6. The van der Waals surface area contributed by atoms with Crippen molar-refractivity contribution in [3.05, 3.63) is 64.2 Å². The zero-order valence-electron chi connectivity index (χ0n) is 14.1. The quantitative estimate of drug-likeness (QED) is 0.500. The second-order valence-corrected chi connectivity index (χ2v) is 6.20. The molecule has 0 aromatic heterocycles. The predicted octanol–water partition coefficient (Wildman–Crippen LogP) is 5.47. The molecule has 0 aliphatic heterocycles. The van der Waals surface area contributed by atoms with Crippen molar-refractivity contribution in [2.75, 3.05) is 7.11 Å². The number of hydrogen-bond acceptors (Lipinski definition) is 2. The third kappa shape index (κ3) is 4.43. The number of aliphatic imine (C=N–C) groups is 1. The Morgan fingerprint density at radius 1 is 1.30 bits per heavy atom. The Labute approximate surface area is 144 Å². The Bertz CT molecular complexity index is 658. The molecule has 2 atom stereocenters. The smallest absolute Gasteiger partial charge is 0.0967 e. The molecule has 122 valence electrons. The SMILES string of the molecule is C=Cc1ccc(Cl)cc1C=NC1C=C(CCC)C(OC)C=C1C. The van der Waals surface area contributed by atoms with Gasteiger partial charge in [-0.3, -0.25) is 4.99 Å². The lowest BCUT2D eigenvalue weighted by Gasteiger charge is -2.24. The lowest BCUT2D eigenvalue weighted by molar-refractivity contribution is 0.162. The van der Waals surface area contributed by atoms with Crippen molar-refractivity contribution in [3.63, 3.8) is 0 Å². The van der Waals surface area contributed by atoms with E-state index in [2.05, 4.69) is 32.6 Å². The van der Waals surface area contributed by atoms with Gasteiger partial charge in [-0.05, 0) is 42.2 Å². The monoisotopic (exact) mass is 329 g/mol. The Kier molecular flexibility index (Phi) is 6.37. The fraction of sp³-hybridized carbons (Fsp3) is 0.350. The first-order valence-electron chi connectivity index (χ1n) is 7.95. The van der Waals surface area contributed by atoms with Crippen LogP contribution in [0.25, 0.3) is 6.08 Å². The van der Waals surface area contributed by atoms with Gasteiger partial charge in [0, 0.05) is 23.9 Å². The van der Waals surface area contributed by atoms with Crippen LogP contribution in [0.3, 0.4) is 0 Å². The molecular formula is C20H24ClNO. The minimum atomic E-state index is 0.0552. The second-order valence-electron chi connectivity index (χ2n) is 5.76. The van der Waals surface area contributed by atoms with Gasteiger partial charge < -0.3 is 4.74 Å². The normalized spacial score (nSPS) is 21.2. The molecule has 0 radical (unpaired) electrons. The molecule has 23 heavy (non-hydrogen) atoms. The zero-order chi connectivity index (χ0) is 16.8. The van der Waals surface area contributed by atoms with E-state index in [0.29, 0.717) is 5.02 Å². The average molecular weight is 330 g/mol. The van der Waals surface area contributed by atoms with Gasteiger partial charge in [-0.2, -0.15) is 0 Å². The molecule has 1 aromatic rings. The van der Waals surface area contributed by atoms with Crippen LogP contribution in [0.4, 0.5) is 0 Å². The van der Waals surface area contributed by atoms with E-state index in [0.717, 1.165) is 24.0 Å². The molecule has 0 bridgehead atoms. The van der Waals surface area contributed by atoms with Crippen molar-refractivity contribution in [1.82, 2.24) is 0 Å². The van der Waals surface area contributed by atoms with E-state index in [1.54, 1.807) is 7.11 Å². The average Bonchev–Trinajstić information content (AvgIpc) is 2.55. The number of benzene rings is 1. The molecule has 0 heterocycles. The van der Waals surface area contributed by atoms with E-state index in [1.807, 2.05) is 30.5 Å². The maximum Gasteiger partial charge on any atom is 0.0967 e. The van der Waals surface area contributed by atoms with Crippen LogP contribution in [-0.4, -0.2) is 25.5 Å². The number of methoxy groups -OCH3 is 1.